The Balaban J connectivity index is 1.92. The highest BCUT2D eigenvalue weighted by Gasteiger charge is 2.39. The topological polar surface area (TPSA) is 76.4 Å². The Bertz CT molecular complexity index is 1520. The van der Waals surface area contributed by atoms with Gasteiger partial charge in [0, 0.05) is 18.7 Å². The van der Waals surface area contributed by atoms with Crippen LogP contribution in [0.4, 0.5) is 47.2 Å². The summed E-state index contributed by atoms with van der Waals surface area (Å²) in [6, 6.07) is 2.24. The predicted molar refractivity (Wildman–Crippen MR) is 143 cm³/mol. The molecule has 2 aromatic carbocycles. The lowest BCUT2D eigenvalue weighted by molar-refractivity contribution is -0.138. The van der Waals surface area contributed by atoms with E-state index in [2.05, 4.69) is 15.4 Å². The molecule has 0 bridgehead atoms. The maximum Gasteiger partial charge on any atom is 0.416 e. The van der Waals surface area contributed by atoms with Crippen molar-refractivity contribution in [2.45, 2.75) is 71.1 Å². The highest BCUT2D eigenvalue weighted by Crippen LogP contribution is 2.44. The van der Waals surface area contributed by atoms with Gasteiger partial charge in [-0.1, -0.05) is 22.8 Å². The Morgan fingerprint density at radius 3 is 2.33 bits per heavy atom. The Morgan fingerprint density at radius 2 is 1.77 bits per heavy atom. The molecule has 0 aliphatic carbocycles. The number of fused-ring (bicyclic) bond motifs is 1. The third-order valence-corrected chi connectivity index (χ3v) is 6.98. The fourth-order valence-electron chi connectivity index (χ4n) is 4.89. The number of alkyl halides is 6. The second-order valence-electron chi connectivity index (χ2n) is 11.1. The molecule has 234 valence electrons. The Morgan fingerprint density at radius 1 is 1.09 bits per heavy atom. The Labute approximate surface area is 247 Å². The van der Waals surface area contributed by atoms with E-state index < -0.39 is 64.2 Å². The number of carbonyl (C=O) groups excluding carboxylic acids is 1. The quantitative estimate of drug-likeness (QED) is 0.274. The van der Waals surface area contributed by atoms with E-state index in [1.165, 1.54) is 24.9 Å². The van der Waals surface area contributed by atoms with Crippen LogP contribution >= 0.6 is 11.6 Å². The first-order valence-corrected chi connectivity index (χ1v) is 13.4. The summed E-state index contributed by atoms with van der Waals surface area (Å²) in [5, 5.41) is 11.1. The van der Waals surface area contributed by atoms with Gasteiger partial charge < -0.3 is 9.64 Å². The van der Waals surface area contributed by atoms with Gasteiger partial charge in [-0.15, -0.1) is 5.10 Å². The zero-order chi connectivity index (χ0) is 32.1. The van der Waals surface area contributed by atoms with E-state index in [0.717, 1.165) is 15.8 Å². The summed E-state index contributed by atoms with van der Waals surface area (Å²) >= 11 is 5.83. The van der Waals surface area contributed by atoms with Gasteiger partial charge in [0.15, 0.2) is 0 Å². The van der Waals surface area contributed by atoms with Crippen LogP contribution in [0.25, 0.3) is 0 Å². The van der Waals surface area contributed by atoms with Gasteiger partial charge in [-0.3, -0.25) is 4.90 Å². The van der Waals surface area contributed by atoms with Crippen LogP contribution in [0.1, 0.15) is 67.5 Å². The van der Waals surface area contributed by atoms with E-state index in [0.29, 0.717) is 12.1 Å². The average molecular weight is 637 g/mol. The maximum atomic E-state index is 15.2. The Hall–Kier alpha value is -3.62. The van der Waals surface area contributed by atoms with Crippen molar-refractivity contribution in [2.24, 2.45) is 7.05 Å². The van der Waals surface area contributed by atoms with Gasteiger partial charge in [0.1, 0.15) is 11.4 Å². The van der Waals surface area contributed by atoms with Crippen molar-refractivity contribution in [2.75, 3.05) is 16.3 Å². The molecule has 0 fully saturated rings. The molecule has 1 atom stereocenters. The molecule has 0 radical (unpaired) electrons. The molecule has 16 heteroatoms. The van der Waals surface area contributed by atoms with Crippen LogP contribution in [0.2, 0.25) is 5.02 Å². The number of tetrazole rings is 1. The molecule has 3 aromatic rings. The highest BCUT2D eigenvalue weighted by molar-refractivity contribution is 6.30. The van der Waals surface area contributed by atoms with E-state index in [-0.39, 0.29) is 42.1 Å². The van der Waals surface area contributed by atoms with E-state index >= 15 is 4.39 Å². The van der Waals surface area contributed by atoms with Crippen molar-refractivity contribution in [3.05, 3.63) is 62.9 Å². The normalized spacial score (nSPS) is 16.1. The minimum absolute atomic E-state index is 0.0374. The number of carbonyl (C=O) groups is 1. The largest absolute Gasteiger partial charge is 0.443 e. The lowest BCUT2D eigenvalue weighted by atomic mass is 9.94. The number of anilines is 2. The van der Waals surface area contributed by atoms with Crippen LogP contribution in [0, 0.1) is 12.7 Å². The first-order valence-electron chi connectivity index (χ1n) is 13.0. The molecule has 0 saturated heterocycles. The van der Waals surface area contributed by atoms with Gasteiger partial charge in [-0.2, -0.15) is 31.1 Å². The van der Waals surface area contributed by atoms with Crippen LogP contribution in [0.15, 0.2) is 24.3 Å². The summed E-state index contributed by atoms with van der Waals surface area (Å²) in [6.45, 7) is 5.49. The summed E-state index contributed by atoms with van der Waals surface area (Å²) in [7, 11) is 1.43. The number of aryl methyl sites for hydroxylation is 2. The molecule has 1 aromatic heterocycles. The van der Waals surface area contributed by atoms with Gasteiger partial charge in [0.05, 0.1) is 34.9 Å². The van der Waals surface area contributed by atoms with Crippen molar-refractivity contribution in [3.63, 3.8) is 0 Å². The van der Waals surface area contributed by atoms with Crippen LogP contribution in [0.5, 0.6) is 0 Å². The monoisotopic (exact) mass is 636 g/mol. The zero-order valence-electron chi connectivity index (χ0n) is 23.7. The maximum absolute atomic E-state index is 15.2. The molecule has 43 heavy (non-hydrogen) atoms. The number of amides is 1. The molecule has 4 rings (SSSR count). The fraction of sp³-hybridized carbons (Fsp3) is 0.481. The van der Waals surface area contributed by atoms with E-state index in [1.807, 2.05) is 0 Å². The van der Waals surface area contributed by atoms with E-state index in [1.54, 1.807) is 20.8 Å². The molecule has 1 unspecified atom stereocenters. The second kappa shape index (κ2) is 11.5. The van der Waals surface area contributed by atoms with Gasteiger partial charge >= 0.3 is 18.4 Å². The summed E-state index contributed by atoms with van der Waals surface area (Å²) < 4.78 is 104. The lowest BCUT2D eigenvalue weighted by Gasteiger charge is -2.33. The first-order chi connectivity index (χ1) is 19.8. The molecule has 1 aliphatic rings. The van der Waals surface area contributed by atoms with Crippen molar-refractivity contribution in [1.29, 1.82) is 0 Å². The highest BCUT2D eigenvalue weighted by atomic mass is 35.5. The fourth-order valence-corrected chi connectivity index (χ4v) is 5.13. The molecule has 8 nitrogen and oxygen atoms in total. The number of nitrogens with zero attached hydrogens (tertiary/aromatic N) is 6. The summed E-state index contributed by atoms with van der Waals surface area (Å²) in [5.41, 5.74) is -3.67. The average Bonchev–Trinajstić information content (AvgIpc) is 3.20. The number of benzene rings is 2. The second-order valence-corrected chi connectivity index (χ2v) is 11.6. The number of rotatable bonds is 4. The molecule has 2 heterocycles. The zero-order valence-corrected chi connectivity index (χ0v) is 24.5. The molecule has 0 N–H and O–H groups in total. The smallest absolute Gasteiger partial charge is 0.416 e. The molecule has 0 spiro atoms. The molecule has 0 saturated carbocycles. The van der Waals surface area contributed by atoms with Crippen molar-refractivity contribution in [1.82, 2.24) is 20.2 Å². The van der Waals surface area contributed by atoms with E-state index in [4.69, 9.17) is 16.3 Å². The van der Waals surface area contributed by atoms with Gasteiger partial charge in [-0.05, 0) is 75.1 Å². The molecular formula is C27H28ClF7N6O2. The van der Waals surface area contributed by atoms with Crippen molar-refractivity contribution >= 4 is 29.3 Å². The van der Waals surface area contributed by atoms with Gasteiger partial charge in [0.25, 0.3) is 5.95 Å². The summed E-state index contributed by atoms with van der Waals surface area (Å²) in [4.78, 5) is 16.7. The minimum atomic E-state index is -4.84. The van der Waals surface area contributed by atoms with E-state index in [9.17, 15) is 31.1 Å². The van der Waals surface area contributed by atoms with Crippen molar-refractivity contribution < 1.29 is 40.3 Å². The van der Waals surface area contributed by atoms with Gasteiger partial charge in [-0.25, -0.2) is 9.18 Å². The van der Waals surface area contributed by atoms with Crippen LogP contribution in [-0.2, 0) is 30.7 Å². The number of hydrogen-bond acceptors (Lipinski definition) is 6. The van der Waals surface area contributed by atoms with Crippen LogP contribution in [-0.4, -0.2) is 38.4 Å². The summed E-state index contributed by atoms with van der Waals surface area (Å²) in [6.07, 6.45) is -10.1. The molecular weight excluding hydrogens is 609 g/mol. The molecule has 1 aliphatic heterocycles. The number of ether oxygens (including phenoxy) is 1. The Kier molecular flexibility index (Phi) is 8.61. The van der Waals surface area contributed by atoms with Gasteiger partial charge in [0.2, 0.25) is 0 Å². The SMILES string of the molecule is Cc1cc2c(cc1C(F)(F)F)N(C(=O)OC(C)(C)C)CCCC2N(Cc1cc(C(F)(F)F)cc(Cl)c1F)c1nnn(C)n1. The third-order valence-electron chi connectivity index (χ3n) is 6.70. The standard InChI is InChI=1S/C27H28ClF7N6O2/c1-14-9-17-20(7-6-8-40(24(42)43-25(2,3)4)21(17)12-18(14)27(33,34)35)41(23-36-38-39(5)37-23)13-15-10-16(26(30,31)32)11-19(28)22(15)29/h9-12,20H,6-8,13H2,1-5H3. The number of aromatic nitrogens is 4. The minimum Gasteiger partial charge on any atom is -0.443 e. The molecule has 1 amide bonds. The number of hydrogen-bond donors (Lipinski definition) is 0. The predicted octanol–water partition coefficient (Wildman–Crippen LogP) is 7.63. The number of halogens is 8. The lowest BCUT2D eigenvalue weighted by Crippen LogP contribution is -2.37. The van der Waals surface area contributed by atoms with Crippen molar-refractivity contribution in [3.8, 4) is 0 Å². The summed E-state index contributed by atoms with van der Waals surface area (Å²) in [5.74, 6) is -1.24. The first kappa shape index (κ1) is 32.3. The van der Waals surface area contributed by atoms with Crippen LogP contribution < -0.4 is 9.80 Å². The van der Waals surface area contributed by atoms with Crippen LogP contribution in [0.3, 0.4) is 0 Å². The third kappa shape index (κ3) is 7.13.